The third-order valence-electron chi connectivity index (χ3n) is 3.62. The van der Waals surface area contributed by atoms with Crippen LogP contribution in [0, 0.1) is 0 Å². The molecule has 1 N–H and O–H groups in total. The van der Waals surface area contributed by atoms with Gasteiger partial charge in [-0.25, -0.2) is 13.2 Å². The Labute approximate surface area is 124 Å². The van der Waals surface area contributed by atoms with Gasteiger partial charge in [0.2, 0.25) is 5.67 Å². The Morgan fingerprint density at radius 2 is 1.08 bits per heavy atom. The highest BCUT2D eigenvalue weighted by Crippen LogP contribution is 2.72. The van der Waals surface area contributed by atoms with Crippen LogP contribution in [0.2, 0.25) is 0 Å². The second-order valence-electron chi connectivity index (χ2n) is 4.95. The SMILES string of the molecule is CC1(F)C(F)(F)C(F)(S(=O)(=O)O)C(F)(F)C(F)(F)C1(F)C(F)(F)F. The molecule has 0 amide bonds. The second kappa shape index (κ2) is 4.42. The van der Waals surface area contributed by atoms with Crippen LogP contribution in [0.3, 0.4) is 0 Å². The van der Waals surface area contributed by atoms with Gasteiger partial charge in [-0.2, -0.15) is 47.9 Å². The Balaban J connectivity index is 4.18. The fourth-order valence-electron chi connectivity index (χ4n) is 2.20. The highest BCUT2D eigenvalue weighted by Gasteiger charge is 3.04. The zero-order chi connectivity index (χ0) is 20.0. The Kier molecular flexibility index (Phi) is 3.89. The maximum Gasteiger partial charge on any atom is 0.432 e. The third kappa shape index (κ3) is 1.68. The molecule has 0 heterocycles. The minimum absolute atomic E-state index is 1.39. The van der Waals surface area contributed by atoms with Gasteiger partial charge in [0.05, 0.1) is 0 Å². The molecule has 24 heavy (non-hydrogen) atoms. The summed E-state index contributed by atoms with van der Waals surface area (Å²) in [6.07, 6.45) is -7.46. The Bertz CT molecular complexity index is 620. The number of halogens is 12. The first kappa shape index (κ1) is 21.1. The summed E-state index contributed by atoms with van der Waals surface area (Å²) in [5, 5.41) is -7.30. The molecule has 1 aliphatic rings. The van der Waals surface area contributed by atoms with Crippen molar-refractivity contribution in [2.45, 2.75) is 47.2 Å². The molecule has 1 rings (SSSR count). The van der Waals surface area contributed by atoms with E-state index in [2.05, 4.69) is 0 Å². The summed E-state index contributed by atoms with van der Waals surface area (Å²) in [6.45, 7) is -1.39. The first-order chi connectivity index (χ1) is 10.0. The molecule has 0 aromatic rings. The van der Waals surface area contributed by atoms with Crippen molar-refractivity contribution in [3.63, 3.8) is 0 Å². The van der Waals surface area contributed by atoms with E-state index in [0.29, 0.717) is 0 Å². The molecule has 0 aromatic carbocycles. The lowest BCUT2D eigenvalue weighted by atomic mass is 9.66. The van der Waals surface area contributed by atoms with E-state index in [4.69, 9.17) is 4.55 Å². The van der Waals surface area contributed by atoms with Gasteiger partial charge in [0.1, 0.15) is 0 Å². The molecule has 1 aliphatic carbocycles. The normalized spacial score (nSPS) is 41.9. The van der Waals surface area contributed by atoms with E-state index in [9.17, 15) is 61.1 Å². The topological polar surface area (TPSA) is 54.4 Å². The van der Waals surface area contributed by atoms with E-state index in [1.807, 2.05) is 0 Å². The maximum absolute atomic E-state index is 13.8. The lowest BCUT2D eigenvalue weighted by Gasteiger charge is -2.56. The summed E-state index contributed by atoms with van der Waals surface area (Å²) < 4.78 is 188. The van der Waals surface area contributed by atoms with Gasteiger partial charge in [-0.3, -0.25) is 4.55 Å². The molecule has 3 atom stereocenters. The van der Waals surface area contributed by atoms with Gasteiger partial charge < -0.3 is 0 Å². The van der Waals surface area contributed by atoms with Crippen LogP contribution in [0.15, 0.2) is 0 Å². The van der Waals surface area contributed by atoms with Crippen molar-refractivity contribution in [1.82, 2.24) is 0 Å². The van der Waals surface area contributed by atoms with Crippen LogP contribution in [0.4, 0.5) is 52.7 Å². The standard InChI is InChI=1S/C8H4F12O3S/c1-2(9)3(10,8(18,19)20)5(13,14)6(15,16)7(17,4(2,11)12)24(21,22)23/h1H3,(H,21,22,23). The summed E-state index contributed by atoms with van der Waals surface area (Å²) in [4.78, 5) is 0. The first-order valence-electron chi connectivity index (χ1n) is 5.24. The molecule has 0 radical (unpaired) electrons. The number of hydrogen-bond acceptors (Lipinski definition) is 2. The van der Waals surface area contributed by atoms with Crippen LogP contribution in [0.1, 0.15) is 6.92 Å². The summed E-state index contributed by atoms with van der Waals surface area (Å²) >= 11 is 0. The van der Waals surface area contributed by atoms with Gasteiger partial charge in [-0.1, -0.05) is 0 Å². The lowest BCUT2D eigenvalue weighted by Crippen LogP contribution is -2.89. The van der Waals surface area contributed by atoms with E-state index >= 15 is 0 Å². The van der Waals surface area contributed by atoms with Crippen LogP contribution >= 0.6 is 0 Å². The summed E-state index contributed by atoms with van der Waals surface area (Å²) in [6, 6.07) is 0. The van der Waals surface area contributed by atoms with Crippen molar-refractivity contribution < 1.29 is 65.7 Å². The van der Waals surface area contributed by atoms with Gasteiger partial charge in [-0.15, -0.1) is 0 Å². The summed E-state index contributed by atoms with van der Waals surface area (Å²) in [5.74, 6) is -22.7. The zero-order valence-corrected chi connectivity index (χ0v) is 11.5. The van der Waals surface area contributed by atoms with Gasteiger partial charge >= 0.3 is 44.7 Å². The van der Waals surface area contributed by atoms with Gasteiger partial charge in [0.25, 0.3) is 0 Å². The average molecular weight is 408 g/mol. The summed E-state index contributed by atoms with van der Waals surface area (Å²) in [5.41, 5.74) is -14.0. The van der Waals surface area contributed by atoms with Gasteiger partial charge in [0.15, 0.2) is 0 Å². The quantitative estimate of drug-likeness (QED) is 0.534. The van der Waals surface area contributed by atoms with Crippen molar-refractivity contribution in [2.75, 3.05) is 0 Å². The van der Waals surface area contributed by atoms with Crippen molar-refractivity contribution in [3.05, 3.63) is 0 Å². The molecule has 16 heteroatoms. The van der Waals surface area contributed by atoms with E-state index in [1.54, 1.807) is 0 Å². The van der Waals surface area contributed by atoms with Crippen LogP contribution in [-0.2, 0) is 10.1 Å². The fourth-order valence-corrected chi connectivity index (χ4v) is 3.16. The van der Waals surface area contributed by atoms with Crippen LogP contribution in [-0.4, -0.2) is 53.3 Å². The van der Waals surface area contributed by atoms with Crippen molar-refractivity contribution in [3.8, 4) is 0 Å². The minimum Gasteiger partial charge on any atom is -0.283 e. The first-order valence-corrected chi connectivity index (χ1v) is 6.68. The van der Waals surface area contributed by atoms with Crippen molar-refractivity contribution >= 4 is 10.1 Å². The Morgan fingerprint density at radius 1 is 0.750 bits per heavy atom. The predicted molar refractivity (Wildman–Crippen MR) is 49.6 cm³/mol. The molecule has 0 saturated heterocycles. The molecule has 0 spiro atoms. The average Bonchev–Trinajstić information content (AvgIpc) is 2.31. The molecular weight excluding hydrogens is 404 g/mol. The fraction of sp³-hybridized carbons (Fsp3) is 1.00. The number of alkyl halides is 12. The van der Waals surface area contributed by atoms with E-state index in [0.717, 1.165) is 0 Å². The largest absolute Gasteiger partial charge is 0.432 e. The highest BCUT2D eigenvalue weighted by molar-refractivity contribution is 7.87. The smallest absolute Gasteiger partial charge is 0.283 e. The highest BCUT2D eigenvalue weighted by atomic mass is 32.2. The van der Waals surface area contributed by atoms with E-state index in [-0.39, 0.29) is 0 Å². The monoisotopic (exact) mass is 408 g/mol. The van der Waals surface area contributed by atoms with Crippen molar-refractivity contribution in [2.24, 2.45) is 0 Å². The van der Waals surface area contributed by atoms with E-state index < -0.39 is 57.3 Å². The number of hydrogen-bond donors (Lipinski definition) is 1. The van der Waals surface area contributed by atoms with Gasteiger partial charge in [0, 0.05) is 0 Å². The molecular formula is C8H4F12O3S. The predicted octanol–water partition coefficient (Wildman–Crippen LogP) is 3.46. The van der Waals surface area contributed by atoms with E-state index in [1.165, 1.54) is 0 Å². The minimum atomic E-state index is -7.73. The molecule has 3 unspecified atom stereocenters. The lowest BCUT2D eigenvalue weighted by molar-refractivity contribution is -0.459. The molecule has 1 fully saturated rings. The number of rotatable bonds is 1. The molecule has 0 bridgehead atoms. The molecule has 0 aliphatic heterocycles. The zero-order valence-electron chi connectivity index (χ0n) is 10.7. The van der Waals surface area contributed by atoms with Gasteiger partial charge in [-0.05, 0) is 6.92 Å². The molecule has 144 valence electrons. The summed E-state index contributed by atoms with van der Waals surface area (Å²) in [7, 11) is -7.70. The Hall–Kier alpha value is -0.930. The maximum atomic E-state index is 13.8. The molecule has 1 saturated carbocycles. The van der Waals surface area contributed by atoms with Crippen LogP contribution < -0.4 is 0 Å². The second-order valence-corrected chi connectivity index (χ2v) is 6.47. The van der Waals surface area contributed by atoms with Crippen molar-refractivity contribution in [1.29, 1.82) is 0 Å². The molecule has 3 nitrogen and oxygen atoms in total. The van der Waals surface area contributed by atoms with Crippen LogP contribution in [0.5, 0.6) is 0 Å². The van der Waals surface area contributed by atoms with Crippen LogP contribution in [0.25, 0.3) is 0 Å². The third-order valence-corrected chi connectivity index (χ3v) is 4.84. The molecule has 0 aromatic heterocycles. The Morgan fingerprint density at radius 3 is 1.33 bits per heavy atom.